The van der Waals surface area contributed by atoms with Gasteiger partial charge in [-0.05, 0) is 42.2 Å². The summed E-state index contributed by atoms with van der Waals surface area (Å²) in [6.07, 6.45) is 0. The molecule has 1 N–H and O–H groups in total. The van der Waals surface area contributed by atoms with Crippen molar-refractivity contribution >= 4 is 17.3 Å². The van der Waals surface area contributed by atoms with Gasteiger partial charge in [0.1, 0.15) is 6.54 Å². The number of carbonyl (C=O) groups is 1. The third-order valence-corrected chi connectivity index (χ3v) is 3.79. The maximum Gasteiger partial charge on any atom is 0.239 e. The molecule has 0 aliphatic rings. The minimum atomic E-state index is 0.0243. The van der Waals surface area contributed by atoms with E-state index in [4.69, 9.17) is 0 Å². The monoisotopic (exact) mass is 310 g/mol. The zero-order valence-corrected chi connectivity index (χ0v) is 14.5. The molecule has 3 heteroatoms. The molecule has 0 fully saturated rings. The molecule has 3 nitrogen and oxygen atoms in total. The van der Waals surface area contributed by atoms with Gasteiger partial charge >= 0.3 is 0 Å². The van der Waals surface area contributed by atoms with Crippen molar-refractivity contribution in [3.05, 3.63) is 60.2 Å². The first-order valence-corrected chi connectivity index (χ1v) is 8.11. The van der Waals surface area contributed by atoms with Crippen molar-refractivity contribution in [1.82, 2.24) is 5.32 Å². The molecule has 0 bridgehead atoms. The molecule has 2 aromatic carbocycles. The fraction of sp³-hybridized carbons (Fsp3) is 0.350. The molecule has 0 spiro atoms. The SMILES string of the molecule is CCNC(=O)CN(c1ccccc1)c1ccc(C(C)(C)C)cc1. The highest BCUT2D eigenvalue weighted by Crippen LogP contribution is 2.28. The average Bonchev–Trinajstić information content (AvgIpc) is 2.53. The maximum absolute atomic E-state index is 12.1. The molecule has 0 unspecified atom stereocenters. The summed E-state index contributed by atoms with van der Waals surface area (Å²) in [6.45, 7) is 9.49. The van der Waals surface area contributed by atoms with Crippen molar-refractivity contribution in [3.8, 4) is 0 Å². The Morgan fingerprint density at radius 3 is 2.04 bits per heavy atom. The summed E-state index contributed by atoms with van der Waals surface area (Å²) in [5.74, 6) is 0.0243. The lowest BCUT2D eigenvalue weighted by Crippen LogP contribution is -2.34. The molecule has 0 radical (unpaired) electrons. The van der Waals surface area contributed by atoms with Crippen LogP contribution in [0.1, 0.15) is 33.3 Å². The van der Waals surface area contributed by atoms with Crippen LogP contribution in [0.3, 0.4) is 0 Å². The first-order chi connectivity index (χ1) is 10.9. The zero-order valence-electron chi connectivity index (χ0n) is 14.5. The molecule has 2 aromatic rings. The van der Waals surface area contributed by atoms with Crippen LogP contribution >= 0.6 is 0 Å². The Balaban J connectivity index is 2.32. The molecular formula is C20H26N2O. The lowest BCUT2D eigenvalue weighted by Gasteiger charge is -2.26. The van der Waals surface area contributed by atoms with E-state index in [2.05, 4.69) is 50.4 Å². The fourth-order valence-corrected chi connectivity index (χ4v) is 2.48. The van der Waals surface area contributed by atoms with E-state index < -0.39 is 0 Å². The number of rotatable bonds is 5. The van der Waals surface area contributed by atoms with Gasteiger partial charge in [-0.1, -0.05) is 51.1 Å². The summed E-state index contributed by atoms with van der Waals surface area (Å²) >= 11 is 0. The second-order valence-electron chi connectivity index (χ2n) is 6.67. The Hall–Kier alpha value is -2.29. The molecule has 0 saturated carbocycles. The van der Waals surface area contributed by atoms with Gasteiger partial charge in [-0.3, -0.25) is 4.79 Å². The van der Waals surface area contributed by atoms with E-state index in [1.54, 1.807) is 0 Å². The number of carbonyl (C=O) groups excluding carboxylic acids is 1. The van der Waals surface area contributed by atoms with Crippen LogP contribution in [-0.4, -0.2) is 19.0 Å². The molecule has 0 atom stereocenters. The van der Waals surface area contributed by atoms with Crippen molar-refractivity contribution in [2.45, 2.75) is 33.1 Å². The van der Waals surface area contributed by atoms with E-state index in [0.29, 0.717) is 13.1 Å². The first-order valence-electron chi connectivity index (χ1n) is 8.11. The largest absolute Gasteiger partial charge is 0.355 e. The summed E-state index contributed by atoms with van der Waals surface area (Å²) in [6, 6.07) is 18.5. The van der Waals surface area contributed by atoms with E-state index in [1.165, 1.54) is 5.56 Å². The van der Waals surface area contributed by atoms with Gasteiger partial charge in [0.25, 0.3) is 0 Å². The van der Waals surface area contributed by atoms with Crippen LogP contribution in [0.2, 0.25) is 0 Å². The number of amides is 1. The Morgan fingerprint density at radius 2 is 1.52 bits per heavy atom. The van der Waals surface area contributed by atoms with Gasteiger partial charge in [-0.15, -0.1) is 0 Å². The van der Waals surface area contributed by atoms with Crippen LogP contribution in [0.5, 0.6) is 0 Å². The number of benzene rings is 2. The molecule has 0 aromatic heterocycles. The van der Waals surface area contributed by atoms with Crippen LogP contribution in [0.4, 0.5) is 11.4 Å². The lowest BCUT2D eigenvalue weighted by atomic mass is 9.87. The number of para-hydroxylation sites is 1. The van der Waals surface area contributed by atoms with Gasteiger partial charge in [0.05, 0.1) is 0 Å². The Morgan fingerprint density at radius 1 is 0.957 bits per heavy atom. The average molecular weight is 310 g/mol. The molecule has 0 aliphatic carbocycles. The van der Waals surface area contributed by atoms with Gasteiger partial charge in [0, 0.05) is 17.9 Å². The highest BCUT2D eigenvalue weighted by Gasteiger charge is 2.16. The van der Waals surface area contributed by atoms with Gasteiger partial charge < -0.3 is 10.2 Å². The Labute approximate surface area is 139 Å². The molecule has 23 heavy (non-hydrogen) atoms. The first kappa shape index (κ1) is 17.1. The molecule has 0 heterocycles. The summed E-state index contributed by atoms with van der Waals surface area (Å²) in [7, 11) is 0. The smallest absolute Gasteiger partial charge is 0.239 e. The van der Waals surface area contributed by atoms with Gasteiger partial charge in [0.2, 0.25) is 5.91 Å². The second-order valence-corrected chi connectivity index (χ2v) is 6.67. The number of nitrogens with one attached hydrogen (secondary N) is 1. The van der Waals surface area contributed by atoms with Crippen molar-refractivity contribution < 1.29 is 4.79 Å². The predicted octanol–water partition coefficient (Wildman–Crippen LogP) is 4.26. The number of anilines is 2. The van der Waals surface area contributed by atoms with Gasteiger partial charge in [-0.2, -0.15) is 0 Å². The van der Waals surface area contributed by atoms with Gasteiger partial charge in [0.15, 0.2) is 0 Å². The number of likely N-dealkylation sites (N-methyl/N-ethyl adjacent to an activating group) is 1. The summed E-state index contributed by atoms with van der Waals surface area (Å²) in [4.78, 5) is 14.1. The zero-order chi connectivity index (χ0) is 16.9. The highest BCUT2D eigenvalue weighted by atomic mass is 16.2. The third kappa shape index (κ3) is 4.59. The summed E-state index contributed by atoms with van der Waals surface area (Å²) in [5, 5.41) is 2.87. The minimum Gasteiger partial charge on any atom is -0.355 e. The van der Waals surface area contributed by atoms with E-state index in [1.807, 2.05) is 42.2 Å². The number of nitrogens with zero attached hydrogens (tertiary/aromatic N) is 1. The van der Waals surface area contributed by atoms with Crippen molar-refractivity contribution in [2.75, 3.05) is 18.0 Å². The van der Waals surface area contributed by atoms with Crippen LogP contribution in [0, 0.1) is 0 Å². The number of hydrogen-bond donors (Lipinski definition) is 1. The summed E-state index contributed by atoms with van der Waals surface area (Å²) in [5.41, 5.74) is 3.44. The summed E-state index contributed by atoms with van der Waals surface area (Å²) < 4.78 is 0. The molecule has 0 saturated heterocycles. The third-order valence-electron chi connectivity index (χ3n) is 3.79. The molecule has 2 rings (SSSR count). The van der Waals surface area contributed by atoms with Crippen LogP contribution in [0.15, 0.2) is 54.6 Å². The van der Waals surface area contributed by atoms with E-state index in [0.717, 1.165) is 11.4 Å². The molecule has 1 amide bonds. The van der Waals surface area contributed by atoms with E-state index in [-0.39, 0.29) is 11.3 Å². The topological polar surface area (TPSA) is 32.3 Å². The normalized spacial score (nSPS) is 11.1. The van der Waals surface area contributed by atoms with Crippen LogP contribution < -0.4 is 10.2 Å². The molecular weight excluding hydrogens is 284 g/mol. The molecule has 122 valence electrons. The van der Waals surface area contributed by atoms with Crippen molar-refractivity contribution in [2.24, 2.45) is 0 Å². The minimum absolute atomic E-state index is 0.0243. The standard InChI is InChI=1S/C20H26N2O/c1-5-21-19(23)15-22(17-9-7-6-8-10-17)18-13-11-16(12-14-18)20(2,3)4/h6-14H,5,15H2,1-4H3,(H,21,23). The second kappa shape index (κ2) is 7.32. The quantitative estimate of drug-likeness (QED) is 0.895. The van der Waals surface area contributed by atoms with Crippen molar-refractivity contribution in [1.29, 1.82) is 0 Å². The Kier molecular flexibility index (Phi) is 5.43. The predicted molar refractivity (Wildman–Crippen MR) is 97.3 cm³/mol. The van der Waals surface area contributed by atoms with E-state index in [9.17, 15) is 4.79 Å². The Bertz CT molecular complexity index is 627. The van der Waals surface area contributed by atoms with Crippen molar-refractivity contribution in [3.63, 3.8) is 0 Å². The molecule has 0 aliphatic heterocycles. The van der Waals surface area contributed by atoms with Gasteiger partial charge in [-0.25, -0.2) is 0 Å². The van der Waals surface area contributed by atoms with E-state index >= 15 is 0 Å². The van der Waals surface area contributed by atoms with Crippen LogP contribution in [0.25, 0.3) is 0 Å². The highest BCUT2D eigenvalue weighted by molar-refractivity contribution is 5.84. The fourth-order valence-electron chi connectivity index (χ4n) is 2.48. The lowest BCUT2D eigenvalue weighted by molar-refractivity contribution is -0.119. The van der Waals surface area contributed by atoms with Crippen LogP contribution in [-0.2, 0) is 10.2 Å². The maximum atomic E-state index is 12.1. The number of hydrogen-bond acceptors (Lipinski definition) is 2.